The summed E-state index contributed by atoms with van der Waals surface area (Å²) in [5.41, 5.74) is -1.01. The van der Waals surface area contributed by atoms with Crippen LogP contribution in [0.1, 0.15) is 29.9 Å². The van der Waals surface area contributed by atoms with Gasteiger partial charge in [-0.2, -0.15) is 13.2 Å². The van der Waals surface area contributed by atoms with Gasteiger partial charge in [-0.25, -0.2) is 4.39 Å². The Morgan fingerprint density at radius 3 is 2.52 bits per heavy atom. The molecule has 2 rings (SSSR count). The van der Waals surface area contributed by atoms with E-state index < -0.39 is 23.6 Å². The lowest BCUT2D eigenvalue weighted by atomic mass is 10.0. The lowest BCUT2D eigenvalue weighted by molar-refractivity contribution is -0.140. The Kier molecular flexibility index (Phi) is 4.73. The summed E-state index contributed by atoms with van der Waals surface area (Å²) in [7, 11) is 0. The number of furan rings is 1. The summed E-state index contributed by atoms with van der Waals surface area (Å²) in [6.07, 6.45) is -3.31. The minimum absolute atomic E-state index is 0.279. The zero-order valence-electron chi connectivity index (χ0n) is 11.0. The second-order valence-corrected chi connectivity index (χ2v) is 5.21. The Labute approximate surface area is 127 Å². The average molecular weight is 366 g/mol. The van der Waals surface area contributed by atoms with E-state index in [-0.39, 0.29) is 5.56 Å². The summed E-state index contributed by atoms with van der Waals surface area (Å²) in [5, 5.41) is 3.03. The molecule has 0 saturated heterocycles. The van der Waals surface area contributed by atoms with Crippen molar-refractivity contribution in [3.63, 3.8) is 0 Å². The van der Waals surface area contributed by atoms with Crippen molar-refractivity contribution in [3.8, 4) is 0 Å². The van der Waals surface area contributed by atoms with Gasteiger partial charge in [0.25, 0.3) is 0 Å². The maximum atomic E-state index is 13.4. The fraction of sp³-hybridized carbons (Fsp3) is 0.286. The Bertz CT molecular complexity index is 624. The van der Waals surface area contributed by atoms with Crippen LogP contribution in [0.15, 0.2) is 39.4 Å². The van der Waals surface area contributed by atoms with E-state index in [2.05, 4.69) is 21.2 Å². The molecule has 2 aromatic rings. The standard InChI is InChI=1S/C14H12BrF4NO/c1-2-20-12(13-10(15)5-6-21-13)8-3-4-11(16)9(7-8)14(17,18)19/h3-7,12,20H,2H2,1H3. The first kappa shape index (κ1) is 16.0. The highest BCUT2D eigenvalue weighted by Gasteiger charge is 2.35. The summed E-state index contributed by atoms with van der Waals surface area (Å²) >= 11 is 3.28. The predicted molar refractivity (Wildman–Crippen MR) is 73.3 cm³/mol. The Hall–Kier alpha value is -1.34. The number of hydrogen-bond acceptors (Lipinski definition) is 2. The first-order valence-electron chi connectivity index (χ1n) is 6.17. The fourth-order valence-corrected chi connectivity index (χ4v) is 2.45. The number of hydrogen-bond donors (Lipinski definition) is 1. The monoisotopic (exact) mass is 365 g/mol. The van der Waals surface area contributed by atoms with E-state index in [4.69, 9.17) is 4.42 Å². The molecule has 0 aliphatic carbocycles. The summed E-state index contributed by atoms with van der Waals surface area (Å²) in [6, 6.07) is 3.98. The second-order valence-electron chi connectivity index (χ2n) is 4.36. The number of alkyl halides is 3. The van der Waals surface area contributed by atoms with Crippen LogP contribution in [-0.4, -0.2) is 6.54 Å². The second kappa shape index (κ2) is 6.19. The van der Waals surface area contributed by atoms with Crippen LogP contribution in [0.2, 0.25) is 0 Å². The van der Waals surface area contributed by atoms with Gasteiger partial charge in [-0.05, 0) is 46.2 Å². The summed E-state index contributed by atoms with van der Waals surface area (Å²) in [5.74, 6) is -0.850. The molecule has 1 atom stereocenters. The Balaban J connectivity index is 2.49. The van der Waals surface area contributed by atoms with E-state index in [0.29, 0.717) is 16.8 Å². The molecule has 1 aromatic carbocycles. The van der Waals surface area contributed by atoms with Crippen LogP contribution < -0.4 is 5.32 Å². The summed E-state index contributed by atoms with van der Waals surface area (Å²) in [6.45, 7) is 2.33. The average Bonchev–Trinajstić information content (AvgIpc) is 2.82. The molecule has 0 radical (unpaired) electrons. The molecule has 1 unspecified atom stereocenters. The van der Waals surface area contributed by atoms with Crippen molar-refractivity contribution in [1.29, 1.82) is 0 Å². The molecule has 1 aromatic heterocycles. The maximum Gasteiger partial charge on any atom is 0.419 e. The quantitative estimate of drug-likeness (QED) is 0.779. The molecule has 0 aliphatic heterocycles. The van der Waals surface area contributed by atoms with Gasteiger partial charge in [0.1, 0.15) is 11.6 Å². The molecule has 114 valence electrons. The van der Waals surface area contributed by atoms with E-state index in [1.807, 2.05) is 6.92 Å². The maximum absolute atomic E-state index is 13.4. The molecule has 0 saturated carbocycles. The molecular formula is C14H12BrF4NO. The van der Waals surface area contributed by atoms with Crippen LogP contribution in [-0.2, 0) is 6.18 Å². The van der Waals surface area contributed by atoms with Gasteiger partial charge in [-0.3, -0.25) is 0 Å². The zero-order chi connectivity index (χ0) is 15.6. The van der Waals surface area contributed by atoms with Crippen molar-refractivity contribution >= 4 is 15.9 Å². The van der Waals surface area contributed by atoms with Gasteiger partial charge >= 0.3 is 6.18 Å². The van der Waals surface area contributed by atoms with Crippen molar-refractivity contribution in [1.82, 2.24) is 5.32 Å². The highest BCUT2D eigenvalue weighted by molar-refractivity contribution is 9.10. The van der Waals surface area contributed by atoms with Crippen LogP contribution in [0.4, 0.5) is 17.6 Å². The third kappa shape index (κ3) is 3.47. The number of rotatable bonds is 4. The van der Waals surface area contributed by atoms with E-state index in [1.54, 1.807) is 6.07 Å². The molecular weight excluding hydrogens is 354 g/mol. The van der Waals surface area contributed by atoms with Crippen LogP contribution in [0.3, 0.4) is 0 Å². The van der Waals surface area contributed by atoms with Gasteiger partial charge < -0.3 is 9.73 Å². The number of benzene rings is 1. The van der Waals surface area contributed by atoms with Gasteiger partial charge in [-0.15, -0.1) is 0 Å². The third-order valence-corrected chi connectivity index (χ3v) is 3.60. The minimum Gasteiger partial charge on any atom is -0.466 e. The predicted octanol–water partition coefficient (Wildman–Crippen LogP) is 4.90. The van der Waals surface area contributed by atoms with Crippen molar-refractivity contribution in [3.05, 3.63) is 57.7 Å². The van der Waals surface area contributed by atoms with E-state index >= 15 is 0 Å². The largest absolute Gasteiger partial charge is 0.466 e. The van der Waals surface area contributed by atoms with Gasteiger partial charge in [0, 0.05) is 0 Å². The molecule has 0 spiro atoms. The first-order valence-corrected chi connectivity index (χ1v) is 6.96. The summed E-state index contributed by atoms with van der Waals surface area (Å²) < 4.78 is 57.7. The van der Waals surface area contributed by atoms with E-state index in [9.17, 15) is 17.6 Å². The van der Waals surface area contributed by atoms with E-state index in [1.165, 1.54) is 12.3 Å². The molecule has 0 fully saturated rings. The molecule has 1 heterocycles. The fourth-order valence-electron chi connectivity index (χ4n) is 2.02. The molecule has 7 heteroatoms. The highest BCUT2D eigenvalue weighted by Crippen LogP contribution is 2.35. The normalized spacial score (nSPS) is 13.4. The van der Waals surface area contributed by atoms with Crippen LogP contribution in [0.5, 0.6) is 0 Å². The summed E-state index contributed by atoms with van der Waals surface area (Å²) in [4.78, 5) is 0. The topological polar surface area (TPSA) is 25.2 Å². The van der Waals surface area contributed by atoms with Crippen molar-refractivity contribution in [2.24, 2.45) is 0 Å². The number of nitrogens with one attached hydrogen (secondary N) is 1. The molecule has 0 aliphatic rings. The first-order chi connectivity index (χ1) is 9.84. The van der Waals surface area contributed by atoms with E-state index in [0.717, 1.165) is 12.1 Å². The minimum atomic E-state index is -4.74. The zero-order valence-corrected chi connectivity index (χ0v) is 12.6. The lowest BCUT2D eigenvalue weighted by Gasteiger charge is -2.18. The molecule has 2 nitrogen and oxygen atoms in total. The number of halogens is 5. The molecule has 21 heavy (non-hydrogen) atoms. The van der Waals surface area contributed by atoms with Crippen LogP contribution >= 0.6 is 15.9 Å². The van der Waals surface area contributed by atoms with Crippen molar-refractivity contribution in [2.75, 3.05) is 6.54 Å². The van der Waals surface area contributed by atoms with Crippen LogP contribution in [0.25, 0.3) is 0 Å². The Morgan fingerprint density at radius 1 is 1.29 bits per heavy atom. The smallest absolute Gasteiger partial charge is 0.419 e. The van der Waals surface area contributed by atoms with Gasteiger partial charge in [0.05, 0.1) is 22.3 Å². The van der Waals surface area contributed by atoms with Gasteiger partial charge in [0.15, 0.2) is 0 Å². The third-order valence-electron chi connectivity index (χ3n) is 2.94. The highest BCUT2D eigenvalue weighted by atomic mass is 79.9. The van der Waals surface area contributed by atoms with Gasteiger partial charge in [-0.1, -0.05) is 13.0 Å². The molecule has 0 amide bonds. The Morgan fingerprint density at radius 2 is 2.00 bits per heavy atom. The molecule has 0 bridgehead atoms. The van der Waals surface area contributed by atoms with Crippen molar-refractivity contribution in [2.45, 2.75) is 19.1 Å². The molecule has 1 N–H and O–H groups in total. The lowest BCUT2D eigenvalue weighted by Crippen LogP contribution is -2.22. The van der Waals surface area contributed by atoms with Gasteiger partial charge in [0.2, 0.25) is 0 Å². The van der Waals surface area contributed by atoms with Crippen molar-refractivity contribution < 1.29 is 22.0 Å². The van der Waals surface area contributed by atoms with Crippen LogP contribution in [0, 0.1) is 5.82 Å². The SMILES string of the molecule is CCNC(c1ccc(F)c(C(F)(F)F)c1)c1occc1Br.